The Morgan fingerprint density at radius 2 is 1.91 bits per heavy atom. The zero-order valence-electron chi connectivity index (χ0n) is 18.1. The van der Waals surface area contributed by atoms with Crippen molar-refractivity contribution in [3.63, 3.8) is 0 Å². The summed E-state index contributed by atoms with van der Waals surface area (Å²) in [7, 11) is -3.79. The van der Waals surface area contributed by atoms with Crippen LogP contribution >= 0.6 is 0 Å². The van der Waals surface area contributed by atoms with Gasteiger partial charge in [0.1, 0.15) is 11.5 Å². The average molecular weight is 476 g/mol. The lowest BCUT2D eigenvalue weighted by Crippen LogP contribution is -2.45. The molecule has 0 saturated carbocycles. The highest BCUT2D eigenvalue weighted by Crippen LogP contribution is 2.34. The topological polar surface area (TPSA) is 125 Å². The van der Waals surface area contributed by atoms with Gasteiger partial charge in [0.15, 0.2) is 6.10 Å². The zero-order chi connectivity index (χ0) is 23.6. The van der Waals surface area contributed by atoms with Gasteiger partial charge < -0.3 is 24.8 Å². The van der Waals surface area contributed by atoms with E-state index in [4.69, 9.17) is 9.47 Å². The van der Waals surface area contributed by atoms with E-state index in [0.29, 0.717) is 24.7 Å². The minimum atomic E-state index is -3.79. The van der Waals surface area contributed by atoms with Crippen molar-refractivity contribution in [2.45, 2.75) is 24.3 Å². The molecule has 1 atom stereocenters. The van der Waals surface area contributed by atoms with Gasteiger partial charge in [0, 0.05) is 26.1 Å². The van der Waals surface area contributed by atoms with Crippen molar-refractivity contribution < 1.29 is 32.6 Å². The molecule has 1 unspecified atom stereocenters. The Kier molecular flexibility index (Phi) is 6.54. The number of phenols is 1. The minimum Gasteiger partial charge on any atom is -0.506 e. The van der Waals surface area contributed by atoms with Crippen LogP contribution in [0.2, 0.25) is 0 Å². The summed E-state index contributed by atoms with van der Waals surface area (Å²) in [5, 5.41) is 12.7. The van der Waals surface area contributed by atoms with E-state index >= 15 is 0 Å². The SMILES string of the molecule is CC1Oc2ccccc2N(CCC(=O)Nc2cc(S(=O)(=O)N3CCOCC3)ccc2O)C1=O. The molecule has 2 aliphatic heterocycles. The maximum absolute atomic E-state index is 12.9. The van der Waals surface area contributed by atoms with Gasteiger partial charge in [-0.15, -0.1) is 0 Å². The van der Waals surface area contributed by atoms with Gasteiger partial charge in [-0.3, -0.25) is 9.59 Å². The molecule has 2 aromatic rings. The number of nitrogens with zero attached hydrogens (tertiary/aromatic N) is 2. The molecule has 11 heteroatoms. The van der Waals surface area contributed by atoms with E-state index in [0.717, 1.165) is 0 Å². The van der Waals surface area contributed by atoms with Crippen LogP contribution < -0.4 is 15.0 Å². The highest BCUT2D eigenvalue weighted by atomic mass is 32.2. The van der Waals surface area contributed by atoms with E-state index in [1.807, 2.05) is 0 Å². The van der Waals surface area contributed by atoms with Gasteiger partial charge in [-0.1, -0.05) is 12.1 Å². The van der Waals surface area contributed by atoms with Crippen LogP contribution in [0, 0.1) is 0 Å². The first-order valence-electron chi connectivity index (χ1n) is 10.5. The van der Waals surface area contributed by atoms with Crippen LogP contribution in [0.3, 0.4) is 0 Å². The number of nitrogens with one attached hydrogen (secondary N) is 1. The summed E-state index contributed by atoms with van der Waals surface area (Å²) in [5.74, 6) is -0.437. The highest BCUT2D eigenvalue weighted by Gasteiger charge is 2.31. The van der Waals surface area contributed by atoms with Crippen molar-refractivity contribution in [3.8, 4) is 11.5 Å². The lowest BCUT2D eigenvalue weighted by Gasteiger charge is -2.32. The number of rotatable bonds is 6. The lowest BCUT2D eigenvalue weighted by molar-refractivity contribution is -0.125. The summed E-state index contributed by atoms with van der Waals surface area (Å²) in [6.07, 6.45) is -0.735. The van der Waals surface area contributed by atoms with Gasteiger partial charge in [0.2, 0.25) is 15.9 Å². The third-order valence-corrected chi connectivity index (χ3v) is 7.38. The van der Waals surface area contributed by atoms with Crippen LogP contribution in [-0.2, 0) is 24.3 Å². The lowest BCUT2D eigenvalue weighted by atomic mass is 10.1. The van der Waals surface area contributed by atoms with Gasteiger partial charge in [-0.2, -0.15) is 4.31 Å². The van der Waals surface area contributed by atoms with E-state index in [1.165, 1.54) is 27.4 Å². The van der Waals surface area contributed by atoms with E-state index in [1.54, 1.807) is 31.2 Å². The van der Waals surface area contributed by atoms with Gasteiger partial charge in [0.25, 0.3) is 5.91 Å². The van der Waals surface area contributed by atoms with Crippen molar-refractivity contribution in [2.24, 2.45) is 0 Å². The van der Waals surface area contributed by atoms with Crippen molar-refractivity contribution >= 4 is 33.2 Å². The number of fused-ring (bicyclic) bond motifs is 1. The number of morpholine rings is 1. The molecule has 0 aromatic heterocycles. The Bertz CT molecular complexity index is 1160. The maximum Gasteiger partial charge on any atom is 0.267 e. The molecule has 2 aliphatic rings. The van der Waals surface area contributed by atoms with E-state index in [9.17, 15) is 23.1 Å². The number of carbonyl (C=O) groups is 2. The Balaban J connectivity index is 1.46. The molecule has 1 fully saturated rings. The van der Waals surface area contributed by atoms with Crippen LogP contribution in [-0.4, -0.2) is 68.6 Å². The molecule has 2 amide bonds. The number of aromatic hydroxyl groups is 1. The summed E-state index contributed by atoms with van der Waals surface area (Å²) < 4.78 is 37.8. The van der Waals surface area contributed by atoms with Gasteiger partial charge >= 0.3 is 0 Å². The average Bonchev–Trinajstić information content (AvgIpc) is 2.81. The zero-order valence-corrected chi connectivity index (χ0v) is 18.9. The van der Waals surface area contributed by atoms with Gasteiger partial charge in [-0.25, -0.2) is 8.42 Å². The number of phenolic OH excluding ortho intramolecular Hbond substituents is 1. The number of anilines is 2. The highest BCUT2D eigenvalue weighted by molar-refractivity contribution is 7.89. The molecule has 1 saturated heterocycles. The normalized spacial score (nSPS) is 19.0. The quantitative estimate of drug-likeness (QED) is 0.607. The molecule has 2 N–H and O–H groups in total. The molecule has 0 bridgehead atoms. The molecule has 2 aromatic carbocycles. The fourth-order valence-electron chi connectivity index (χ4n) is 3.73. The number of carbonyl (C=O) groups excluding carboxylic acids is 2. The third kappa shape index (κ3) is 4.80. The Hall–Kier alpha value is -3.15. The molecule has 10 nitrogen and oxygen atoms in total. The molecule has 33 heavy (non-hydrogen) atoms. The monoisotopic (exact) mass is 475 g/mol. The van der Waals surface area contributed by atoms with Crippen molar-refractivity contribution in [2.75, 3.05) is 43.1 Å². The summed E-state index contributed by atoms with van der Waals surface area (Å²) in [6, 6.07) is 10.8. The second-order valence-electron chi connectivity index (χ2n) is 7.71. The third-order valence-electron chi connectivity index (χ3n) is 5.49. The Morgan fingerprint density at radius 1 is 1.18 bits per heavy atom. The predicted molar refractivity (Wildman–Crippen MR) is 120 cm³/mol. The van der Waals surface area contributed by atoms with E-state index in [-0.39, 0.29) is 48.3 Å². The van der Waals surface area contributed by atoms with Gasteiger partial charge in [-0.05, 0) is 37.3 Å². The first kappa shape index (κ1) is 23.0. The van der Waals surface area contributed by atoms with E-state index < -0.39 is 22.0 Å². The summed E-state index contributed by atoms with van der Waals surface area (Å²) in [6.45, 7) is 2.83. The molecule has 4 rings (SSSR count). The molecular formula is C22H25N3O7S. The number of amides is 2. The predicted octanol–water partition coefficient (Wildman–Crippen LogP) is 1.56. The Morgan fingerprint density at radius 3 is 2.67 bits per heavy atom. The number of benzene rings is 2. The fraction of sp³-hybridized carbons (Fsp3) is 0.364. The number of para-hydroxylation sites is 2. The minimum absolute atomic E-state index is 0.0172. The van der Waals surface area contributed by atoms with Crippen molar-refractivity contribution in [3.05, 3.63) is 42.5 Å². The number of hydrogen-bond acceptors (Lipinski definition) is 7. The molecule has 2 heterocycles. The second-order valence-corrected chi connectivity index (χ2v) is 9.65. The van der Waals surface area contributed by atoms with Crippen LogP contribution in [0.15, 0.2) is 47.4 Å². The van der Waals surface area contributed by atoms with Gasteiger partial charge in [0.05, 0.1) is 29.5 Å². The number of sulfonamides is 1. The first-order chi connectivity index (χ1) is 15.8. The van der Waals surface area contributed by atoms with Crippen LogP contribution in [0.4, 0.5) is 11.4 Å². The van der Waals surface area contributed by atoms with Crippen LogP contribution in [0.5, 0.6) is 11.5 Å². The van der Waals surface area contributed by atoms with Crippen LogP contribution in [0.1, 0.15) is 13.3 Å². The largest absolute Gasteiger partial charge is 0.506 e. The molecule has 0 radical (unpaired) electrons. The molecule has 0 aliphatic carbocycles. The maximum atomic E-state index is 12.9. The summed E-state index contributed by atoms with van der Waals surface area (Å²) in [4.78, 5) is 26.6. The fourth-order valence-corrected chi connectivity index (χ4v) is 5.16. The molecule has 176 valence electrons. The van der Waals surface area contributed by atoms with Crippen LogP contribution in [0.25, 0.3) is 0 Å². The standard InChI is InChI=1S/C22H25N3O7S/c1-15-22(28)25(18-4-2-3-5-20(18)32-15)9-8-21(27)23-17-14-16(6-7-19(17)26)33(29,30)24-10-12-31-13-11-24/h2-7,14-15,26H,8-13H2,1H3,(H,23,27). The summed E-state index contributed by atoms with van der Waals surface area (Å²) in [5.41, 5.74) is 0.561. The second kappa shape index (κ2) is 9.38. The Labute approximate surface area is 191 Å². The summed E-state index contributed by atoms with van der Waals surface area (Å²) >= 11 is 0. The van der Waals surface area contributed by atoms with Crippen molar-refractivity contribution in [1.82, 2.24) is 4.31 Å². The molecule has 0 spiro atoms. The number of hydrogen-bond donors (Lipinski definition) is 2. The van der Waals surface area contributed by atoms with Crippen molar-refractivity contribution in [1.29, 1.82) is 0 Å². The number of ether oxygens (including phenoxy) is 2. The smallest absolute Gasteiger partial charge is 0.267 e. The molecular weight excluding hydrogens is 450 g/mol. The van der Waals surface area contributed by atoms with E-state index in [2.05, 4.69) is 5.32 Å². The first-order valence-corrected chi connectivity index (χ1v) is 12.0.